The SMILES string of the molecule is CCOC(=O)C(C)(Nc1ccc(OC)cc1)c1nccs1. The van der Waals surface area contributed by atoms with E-state index in [0.29, 0.717) is 11.6 Å². The summed E-state index contributed by atoms with van der Waals surface area (Å²) in [6.07, 6.45) is 1.67. The summed E-state index contributed by atoms with van der Waals surface area (Å²) in [7, 11) is 1.61. The maximum atomic E-state index is 12.3. The van der Waals surface area contributed by atoms with Crippen LogP contribution >= 0.6 is 11.3 Å². The molecule has 1 aromatic carbocycles. The van der Waals surface area contributed by atoms with Crippen LogP contribution in [-0.2, 0) is 15.1 Å². The number of ether oxygens (including phenoxy) is 2. The number of nitrogens with zero attached hydrogens (tertiary/aromatic N) is 1. The Labute approximate surface area is 127 Å². The minimum atomic E-state index is -1.02. The zero-order valence-corrected chi connectivity index (χ0v) is 13.1. The number of esters is 1. The van der Waals surface area contributed by atoms with Crippen molar-refractivity contribution in [3.05, 3.63) is 40.8 Å². The Morgan fingerprint density at radius 2 is 2.10 bits per heavy atom. The first kappa shape index (κ1) is 15.3. The second-order valence-electron chi connectivity index (χ2n) is 4.54. The van der Waals surface area contributed by atoms with Crippen molar-refractivity contribution in [1.82, 2.24) is 4.98 Å². The van der Waals surface area contributed by atoms with Crippen molar-refractivity contribution in [3.8, 4) is 5.75 Å². The van der Waals surface area contributed by atoms with Crippen LogP contribution in [0.2, 0.25) is 0 Å². The highest BCUT2D eigenvalue weighted by Gasteiger charge is 2.39. The van der Waals surface area contributed by atoms with Crippen molar-refractivity contribution in [2.45, 2.75) is 19.4 Å². The molecule has 1 unspecified atom stereocenters. The third-order valence-electron chi connectivity index (χ3n) is 3.03. The molecule has 5 nitrogen and oxygen atoms in total. The third-order valence-corrected chi connectivity index (χ3v) is 4.02. The Morgan fingerprint density at radius 1 is 1.38 bits per heavy atom. The Kier molecular flexibility index (Phi) is 4.80. The van der Waals surface area contributed by atoms with Crippen molar-refractivity contribution in [2.24, 2.45) is 0 Å². The van der Waals surface area contributed by atoms with E-state index in [4.69, 9.17) is 9.47 Å². The van der Waals surface area contributed by atoms with Crippen LogP contribution in [0, 0.1) is 0 Å². The van der Waals surface area contributed by atoms with Gasteiger partial charge in [0.15, 0.2) is 5.54 Å². The van der Waals surface area contributed by atoms with Crippen molar-refractivity contribution >= 4 is 23.0 Å². The molecule has 0 aliphatic heterocycles. The van der Waals surface area contributed by atoms with Crippen LogP contribution in [0.4, 0.5) is 5.69 Å². The average molecular weight is 306 g/mol. The number of nitrogens with one attached hydrogen (secondary N) is 1. The molecule has 1 atom stereocenters. The zero-order chi connectivity index (χ0) is 15.3. The molecule has 6 heteroatoms. The van der Waals surface area contributed by atoms with E-state index in [-0.39, 0.29) is 5.97 Å². The van der Waals surface area contributed by atoms with E-state index in [9.17, 15) is 4.79 Å². The van der Waals surface area contributed by atoms with Crippen molar-refractivity contribution in [2.75, 3.05) is 19.0 Å². The first-order chi connectivity index (χ1) is 10.1. The molecule has 2 aromatic rings. The fourth-order valence-corrected chi connectivity index (χ4v) is 2.64. The summed E-state index contributed by atoms with van der Waals surface area (Å²) < 4.78 is 10.3. The molecule has 21 heavy (non-hydrogen) atoms. The molecule has 0 radical (unpaired) electrons. The number of carbonyl (C=O) groups excluding carboxylic acids is 1. The molecule has 1 N–H and O–H groups in total. The molecule has 2 rings (SSSR count). The number of hydrogen-bond donors (Lipinski definition) is 1. The average Bonchev–Trinajstić information content (AvgIpc) is 3.03. The van der Waals surface area contributed by atoms with Crippen LogP contribution in [0.3, 0.4) is 0 Å². The number of methoxy groups -OCH3 is 1. The molecule has 1 heterocycles. The van der Waals surface area contributed by atoms with Gasteiger partial charge in [-0.15, -0.1) is 11.3 Å². The van der Waals surface area contributed by atoms with Gasteiger partial charge < -0.3 is 14.8 Å². The fourth-order valence-electron chi connectivity index (χ4n) is 1.90. The minimum Gasteiger partial charge on any atom is -0.497 e. The standard InChI is InChI=1S/C15H18N2O3S/c1-4-20-14(18)15(2,13-16-9-10-21-13)17-11-5-7-12(19-3)8-6-11/h5-10,17H,4H2,1-3H3. The van der Waals surface area contributed by atoms with Crippen LogP contribution < -0.4 is 10.1 Å². The molecule has 0 amide bonds. The van der Waals surface area contributed by atoms with E-state index in [1.165, 1.54) is 11.3 Å². The van der Waals surface area contributed by atoms with Gasteiger partial charge in [0.05, 0.1) is 13.7 Å². The molecular formula is C15H18N2O3S. The lowest BCUT2D eigenvalue weighted by molar-refractivity contribution is -0.148. The number of carbonyl (C=O) groups is 1. The second kappa shape index (κ2) is 6.58. The number of benzene rings is 1. The van der Waals surface area contributed by atoms with Gasteiger partial charge in [-0.1, -0.05) is 0 Å². The predicted octanol–water partition coefficient (Wildman–Crippen LogP) is 3.04. The van der Waals surface area contributed by atoms with Gasteiger partial charge in [-0.25, -0.2) is 9.78 Å². The molecule has 0 spiro atoms. The molecule has 0 aliphatic rings. The quantitative estimate of drug-likeness (QED) is 0.831. The monoisotopic (exact) mass is 306 g/mol. The lowest BCUT2D eigenvalue weighted by Gasteiger charge is -2.27. The van der Waals surface area contributed by atoms with E-state index >= 15 is 0 Å². The first-order valence-corrected chi connectivity index (χ1v) is 7.47. The van der Waals surface area contributed by atoms with Crippen molar-refractivity contribution in [1.29, 1.82) is 0 Å². The van der Waals surface area contributed by atoms with Crippen LogP contribution in [0.15, 0.2) is 35.8 Å². The Hall–Kier alpha value is -2.08. The van der Waals surface area contributed by atoms with Gasteiger partial charge >= 0.3 is 5.97 Å². The van der Waals surface area contributed by atoms with Crippen LogP contribution in [0.1, 0.15) is 18.9 Å². The summed E-state index contributed by atoms with van der Waals surface area (Å²) in [5, 5.41) is 5.71. The summed E-state index contributed by atoms with van der Waals surface area (Å²) in [6, 6.07) is 7.36. The summed E-state index contributed by atoms with van der Waals surface area (Å²) in [6.45, 7) is 3.88. The Balaban J connectivity index is 2.29. The number of aromatic nitrogens is 1. The summed E-state index contributed by atoms with van der Waals surface area (Å²) in [4.78, 5) is 16.6. The minimum absolute atomic E-state index is 0.324. The molecule has 0 saturated carbocycles. The summed E-state index contributed by atoms with van der Waals surface area (Å²) in [5.41, 5.74) is -0.222. The maximum absolute atomic E-state index is 12.3. The molecule has 1 aromatic heterocycles. The highest BCUT2D eigenvalue weighted by atomic mass is 32.1. The number of thiazole rings is 1. The maximum Gasteiger partial charge on any atom is 0.338 e. The topological polar surface area (TPSA) is 60.5 Å². The fraction of sp³-hybridized carbons (Fsp3) is 0.333. The van der Waals surface area contributed by atoms with Gasteiger partial charge in [0.1, 0.15) is 10.8 Å². The number of anilines is 1. The molecule has 0 bridgehead atoms. The largest absolute Gasteiger partial charge is 0.497 e. The predicted molar refractivity (Wildman–Crippen MR) is 82.7 cm³/mol. The molecule has 0 saturated heterocycles. The zero-order valence-electron chi connectivity index (χ0n) is 12.3. The van der Waals surface area contributed by atoms with Crippen molar-refractivity contribution in [3.63, 3.8) is 0 Å². The highest BCUT2D eigenvalue weighted by Crippen LogP contribution is 2.30. The van der Waals surface area contributed by atoms with Crippen LogP contribution in [0.5, 0.6) is 5.75 Å². The third kappa shape index (κ3) is 3.33. The van der Waals surface area contributed by atoms with E-state index in [0.717, 1.165) is 11.4 Å². The molecule has 0 fully saturated rings. The lowest BCUT2D eigenvalue weighted by atomic mass is 10.0. The molecular weight excluding hydrogens is 288 g/mol. The van der Waals surface area contributed by atoms with E-state index < -0.39 is 5.54 Å². The van der Waals surface area contributed by atoms with Crippen molar-refractivity contribution < 1.29 is 14.3 Å². The van der Waals surface area contributed by atoms with Gasteiger partial charge in [-0.3, -0.25) is 0 Å². The van der Waals surface area contributed by atoms with Crippen LogP contribution in [0.25, 0.3) is 0 Å². The first-order valence-electron chi connectivity index (χ1n) is 6.59. The second-order valence-corrected chi connectivity index (χ2v) is 5.43. The number of rotatable bonds is 6. The normalized spacial score (nSPS) is 13.3. The smallest absolute Gasteiger partial charge is 0.338 e. The van der Waals surface area contributed by atoms with Gasteiger partial charge in [0, 0.05) is 17.3 Å². The molecule has 0 aliphatic carbocycles. The van der Waals surface area contributed by atoms with Gasteiger partial charge in [0.25, 0.3) is 0 Å². The molecule has 112 valence electrons. The lowest BCUT2D eigenvalue weighted by Crippen LogP contribution is -2.41. The highest BCUT2D eigenvalue weighted by molar-refractivity contribution is 7.09. The van der Waals surface area contributed by atoms with E-state index in [1.807, 2.05) is 29.6 Å². The Morgan fingerprint density at radius 3 is 2.62 bits per heavy atom. The van der Waals surface area contributed by atoms with Crippen LogP contribution in [-0.4, -0.2) is 24.7 Å². The van der Waals surface area contributed by atoms with E-state index in [2.05, 4.69) is 10.3 Å². The van der Waals surface area contributed by atoms with Gasteiger partial charge in [-0.2, -0.15) is 0 Å². The summed E-state index contributed by atoms with van der Waals surface area (Å²) >= 11 is 1.41. The Bertz CT molecular complexity index is 583. The summed E-state index contributed by atoms with van der Waals surface area (Å²) in [5.74, 6) is 0.406. The van der Waals surface area contributed by atoms with E-state index in [1.54, 1.807) is 27.2 Å². The van der Waals surface area contributed by atoms with Gasteiger partial charge in [-0.05, 0) is 38.1 Å². The number of hydrogen-bond acceptors (Lipinski definition) is 6. The van der Waals surface area contributed by atoms with Gasteiger partial charge in [0.2, 0.25) is 0 Å².